The quantitative estimate of drug-likeness (QED) is 0.695. The second kappa shape index (κ2) is 6.38. The first-order chi connectivity index (χ1) is 6.79. The predicted molar refractivity (Wildman–Crippen MR) is 59.6 cm³/mol. The highest BCUT2D eigenvalue weighted by molar-refractivity contribution is 4.83. The summed E-state index contributed by atoms with van der Waals surface area (Å²) in [6.07, 6.45) is 2.51. The van der Waals surface area contributed by atoms with Crippen molar-refractivity contribution in [3.8, 4) is 0 Å². The van der Waals surface area contributed by atoms with Crippen molar-refractivity contribution in [2.24, 2.45) is 0 Å². The number of rotatable bonds is 6. The van der Waals surface area contributed by atoms with E-state index in [1.165, 1.54) is 25.9 Å². The SMILES string of the molecule is CCCN(C(C)COC)C1CCNC1. The van der Waals surface area contributed by atoms with E-state index in [9.17, 15) is 0 Å². The molecule has 1 aliphatic rings. The number of hydrogen-bond acceptors (Lipinski definition) is 3. The van der Waals surface area contributed by atoms with Gasteiger partial charge in [0.1, 0.15) is 0 Å². The van der Waals surface area contributed by atoms with Gasteiger partial charge in [0.15, 0.2) is 0 Å². The summed E-state index contributed by atoms with van der Waals surface area (Å²) in [5.41, 5.74) is 0. The van der Waals surface area contributed by atoms with Crippen molar-refractivity contribution >= 4 is 0 Å². The summed E-state index contributed by atoms with van der Waals surface area (Å²) in [7, 11) is 1.79. The van der Waals surface area contributed by atoms with Gasteiger partial charge < -0.3 is 10.1 Å². The van der Waals surface area contributed by atoms with Crippen LogP contribution in [0.15, 0.2) is 0 Å². The van der Waals surface area contributed by atoms with E-state index in [0.29, 0.717) is 6.04 Å². The second-order valence-electron chi connectivity index (χ2n) is 4.19. The molecule has 3 nitrogen and oxygen atoms in total. The van der Waals surface area contributed by atoms with Gasteiger partial charge in [-0.2, -0.15) is 0 Å². The van der Waals surface area contributed by atoms with E-state index < -0.39 is 0 Å². The van der Waals surface area contributed by atoms with Crippen LogP contribution in [0.25, 0.3) is 0 Å². The van der Waals surface area contributed by atoms with E-state index in [0.717, 1.165) is 19.2 Å². The lowest BCUT2D eigenvalue weighted by atomic mass is 10.1. The predicted octanol–water partition coefficient (Wildman–Crippen LogP) is 1.10. The Labute approximate surface area is 87.8 Å². The highest BCUT2D eigenvalue weighted by atomic mass is 16.5. The molecule has 84 valence electrons. The Morgan fingerprint density at radius 3 is 2.86 bits per heavy atom. The summed E-state index contributed by atoms with van der Waals surface area (Å²) >= 11 is 0. The van der Waals surface area contributed by atoms with Crippen LogP contribution in [0.3, 0.4) is 0 Å². The van der Waals surface area contributed by atoms with Gasteiger partial charge in [0.2, 0.25) is 0 Å². The maximum atomic E-state index is 5.23. The first-order valence-corrected chi connectivity index (χ1v) is 5.75. The molecule has 1 saturated heterocycles. The molecule has 1 N–H and O–H groups in total. The normalized spacial score (nSPS) is 24.4. The minimum Gasteiger partial charge on any atom is -0.383 e. The molecule has 0 aliphatic carbocycles. The molecule has 3 heteroatoms. The van der Waals surface area contributed by atoms with E-state index in [-0.39, 0.29) is 0 Å². The van der Waals surface area contributed by atoms with Gasteiger partial charge in [0.25, 0.3) is 0 Å². The topological polar surface area (TPSA) is 24.5 Å². The van der Waals surface area contributed by atoms with Gasteiger partial charge in [-0.05, 0) is 32.9 Å². The average molecular weight is 200 g/mol. The van der Waals surface area contributed by atoms with Gasteiger partial charge in [0, 0.05) is 25.7 Å². The largest absolute Gasteiger partial charge is 0.383 e. The van der Waals surface area contributed by atoms with E-state index in [4.69, 9.17) is 4.74 Å². The third-order valence-corrected chi connectivity index (χ3v) is 2.96. The Kier molecular flexibility index (Phi) is 5.45. The molecular weight excluding hydrogens is 176 g/mol. The van der Waals surface area contributed by atoms with E-state index in [1.807, 2.05) is 0 Å². The minimum atomic E-state index is 0.546. The zero-order valence-corrected chi connectivity index (χ0v) is 9.75. The molecular formula is C11H24N2O. The van der Waals surface area contributed by atoms with Crippen LogP contribution in [0, 0.1) is 0 Å². The summed E-state index contributed by atoms with van der Waals surface area (Å²) in [4.78, 5) is 2.59. The van der Waals surface area contributed by atoms with E-state index in [2.05, 4.69) is 24.1 Å². The number of methoxy groups -OCH3 is 1. The Bertz CT molecular complexity index is 146. The molecule has 2 unspecified atom stereocenters. The summed E-state index contributed by atoms with van der Waals surface area (Å²) < 4.78 is 5.23. The number of nitrogens with one attached hydrogen (secondary N) is 1. The lowest BCUT2D eigenvalue weighted by Crippen LogP contribution is -2.45. The van der Waals surface area contributed by atoms with Gasteiger partial charge in [-0.15, -0.1) is 0 Å². The second-order valence-corrected chi connectivity index (χ2v) is 4.19. The Morgan fingerprint density at radius 2 is 2.36 bits per heavy atom. The molecule has 1 rings (SSSR count). The van der Waals surface area contributed by atoms with Crippen LogP contribution in [0.5, 0.6) is 0 Å². The Hall–Kier alpha value is -0.120. The van der Waals surface area contributed by atoms with Crippen LogP contribution < -0.4 is 5.32 Å². The lowest BCUT2D eigenvalue weighted by Gasteiger charge is -2.33. The molecule has 0 aromatic carbocycles. The molecule has 0 aromatic heterocycles. The van der Waals surface area contributed by atoms with Crippen molar-refractivity contribution in [2.45, 2.75) is 38.8 Å². The number of ether oxygens (including phenoxy) is 1. The monoisotopic (exact) mass is 200 g/mol. The van der Waals surface area contributed by atoms with Crippen LogP contribution in [0.1, 0.15) is 26.7 Å². The molecule has 0 aromatic rings. The first kappa shape index (κ1) is 12.0. The number of hydrogen-bond donors (Lipinski definition) is 1. The van der Waals surface area contributed by atoms with Gasteiger partial charge in [-0.1, -0.05) is 6.92 Å². The van der Waals surface area contributed by atoms with Crippen molar-refractivity contribution in [3.05, 3.63) is 0 Å². The van der Waals surface area contributed by atoms with Crippen molar-refractivity contribution in [1.29, 1.82) is 0 Å². The zero-order valence-electron chi connectivity index (χ0n) is 9.75. The summed E-state index contributed by atoms with van der Waals surface area (Å²) in [6.45, 7) is 8.86. The minimum absolute atomic E-state index is 0.546. The molecule has 0 bridgehead atoms. The fourth-order valence-corrected chi connectivity index (χ4v) is 2.28. The molecule has 1 heterocycles. The van der Waals surface area contributed by atoms with Crippen LogP contribution in [0.2, 0.25) is 0 Å². The molecule has 0 saturated carbocycles. The van der Waals surface area contributed by atoms with E-state index in [1.54, 1.807) is 7.11 Å². The van der Waals surface area contributed by atoms with Gasteiger partial charge in [-0.3, -0.25) is 4.90 Å². The summed E-state index contributed by atoms with van der Waals surface area (Å²) in [5.74, 6) is 0. The lowest BCUT2D eigenvalue weighted by molar-refractivity contribution is 0.0745. The van der Waals surface area contributed by atoms with Crippen molar-refractivity contribution in [1.82, 2.24) is 10.2 Å². The highest BCUT2D eigenvalue weighted by Gasteiger charge is 2.25. The zero-order chi connectivity index (χ0) is 10.4. The maximum absolute atomic E-state index is 5.23. The highest BCUT2D eigenvalue weighted by Crippen LogP contribution is 2.13. The summed E-state index contributed by atoms with van der Waals surface area (Å²) in [5, 5.41) is 3.43. The Morgan fingerprint density at radius 1 is 1.57 bits per heavy atom. The molecule has 2 atom stereocenters. The van der Waals surface area contributed by atoms with E-state index >= 15 is 0 Å². The van der Waals surface area contributed by atoms with Gasteiger partial charge in [-0.25, -0.2) is 0 Å². The smallest absolute Gasteiger partial charge is 0.0615 e. The van der Waals surface area contributed by atoms with Crippen LogP contribution in [0.4, 0.5) is 0 Å². The molecule has 1 fully saturated rings. The average Bonchev–Trinajstić information content (AvgIpc) is 2.67. The third kappa shape index (κ3) is 3.23. The van der Waals surface area contributed by atoms with Gasteiger partial charge in [0.05, 0.1) is 6.61 Å². The van der Waals surface area contributed by atoms with Crippen LogP contribution >= 0.6 is 0 Å². The first-order valence-electron chi connectivity index (χ1n) is 5.75. The molecule has 14 heavy (non-hydrogen) atoms. The molecule has 0 amide bonds. The van der Waals surface area contributed by atoms with Gasteiger partial charge >= 0.3 is 0 Å². The van der Waals surface area contributed by atoms with Crippen molar-refractivity contribution in [2.75, 3.05) is 33.4 Å². The fourth-order valence-electron chi connectivity index (χ4n) is 2.28. The Balaban J connectivity index is 2.43. The van der Waals surface area contributed by atoms with Crippen molar-refractivity contribution in [3.63, 3.8) is 0 Å². The standard InChI is InChI=1S/C11H24N2O/c1-4-7-13(10(2)9-14-3)11-5-6-12-8-11/h10-12H,4-9H2,1-3H3. The van der Waals surface area contributed by atoms with Crippen molar-refractivity contribution < 1.29 is 4.74 Å². The summed E-state index contributed by atoms with van der Waals surface area (Å²) in [6, 6.07) is 1.27. The molecule has 1 aliphatic heterocycles. The fraction of sp³-hybridized carbons (Fsp3) is 1.00. The van der Waals surface area contributed by atoms with Crippen LogP contribution in [-0.4, -0.2) is 50.3 Å². The third-order valence-electron chi connectivity index (χ3n) is 2.96. The molecule has 0 spiro atoms. The maximum Gasteiger partial charge on any atom is 0.0615 e. The van der Waals surface area contributed by atoms with Crippen LogP contribution in [-0.2, 0) is 4.74 Å². The number of nitrogens with zero attached hydrogens (tertiary/aromatic N) is 1. The molecule has 0 radical (unpaired) electrons.